The van der Waals surface area contributed by atoms with E-state index in [2.05, 4.69) is 30.8 Å². The van der Waals surface area contributed by atoms with Gasteiger partial charge in [-0.1, -0.05) is 0 Å². The van der Waals surface area contributed by atoms with Crippen LogP contribution in [0.15, 0.2) is 41.5 Å². The van der Waals surface area contributed by atoms with Gasteiger partial charge in [0, 0.05) is 45.8 Å². The molecule has 31 heavy (non-hydrogen) atoms. The molecule has 3 heterocycles. The van der Waals surface area contributed by atoms with E-state index < -0.39 is 0 Å². The lowest BCUT2D eigenvalue weighted by atomic mass is 10.1. The third kappa shape index (κ3) is 5.26. The molecule has 0 fully saturated rings. The summed E-state index contributed by atoms with van der Waals surface area (Å²) in [6.45, 7) is 1.87. The summed E-state index contributed by atoms with van der Waals surface area (Å²) in [5, 5.41) is 15.9. The SMILES string of the molecule is CN=C(NCCc1ccn(-c2ccc(F)cc2)n1)NC1CCc2nc(COC)nn2C1. The number of hydrogen-bond donors (Lipinski definition) is 2. The summed E-state index contributed by atoms with van der Waals surface area (Å²) in [6.07, 6.45) is 4.46. The van der Waals surface area contributed by atoms with Gasteiger partial charge >= 0.3 is 0 Å². The molecule has 0 radical (unpaired) electrons. The number of fused-ring (bicyclic) bond motifs is 1. The third-order valence-electron chi connectivity index (χ3n) is 5.15. The molecule has 1 unspecified atom stereocenters. The predicted octanol–water partition coefficient (Wildman–Crippen LogP) is 1.47. The normalized spacial score (nSPS) is 16.2. The van der Waals surface area contributed by atoms with E-state index in [1.54, 1.807) is 31.0 Å². The summed E-state index contributed by atoms with van der Waals surface area (Å²) < 4.78 is 21.9. The van der Waals surface area contributed by atoms with Crippen LogP contribution in [0, 0.1) is 5.82 Å². The molecule has 1 aliphatic rings. The lowest BCUT2D eigenvalue weighted by Crippen LogP contribution is -2.47. The van der Waals surface area contributed by atoms with Crippen LogP contribution >= 0.6 is 0 Å². The number of guanidine groups is 1. The second-order valence-corrected chi connectivity index (χ2v) is 7.42. The summed E-state index contributed by atoms with van der Waals surface area (Å²) in [5.41, 5.74) is 1.78. The molecule has 10 heteroatoms. The molecule has 0 saturated heterocycles. The molecule has 0 spiro atoms. The highest BCUT2D eigenvalue weighted by Crippen LogP contribution is 2.13. The van der Waals surface area contributed by atoms with Gasteiger partial charge in [0.2, 0.25) is 0 Å². The van der Waals surface area contributed by atoms with Crippen LogP contribution in [-0.2, 0) is 30.7 Å². The molecule has 1 aliphatic heterocycles. The Labute approximate surface area is 180 Å². The minimum absolute atomic E-state index is 0.230. The van der Waals surface area contributed by atoms with Crippen LogP contribution in [0.1, 0.15) is 23.8 Å². The Hall–Kier alpha value is -3.27. The highest BCUT2D eigenvalue weighted by Gasteiger charge is 2.22. The van der Waals surface area contributed by atoms with Gasteiger partial charge in [0.25, 0.3) is 0 Å². The summed E-state index contributed by atoms with van der Waals surface area (Å²) >= 11 is 0. The van der Waals surface area contributed by atoms with Crippen LogP contribution in [0.25, 0.3) is 5.69 Å². The predicted molar refractivity (Wildman–Crippen MR) is 115 cm³/mol. The Morgan fingerprint density at radius 3 is 2.87 bits per heavy atom. The average Bonchev–Trinajstić information content (AvgIpc) is 3.40. The molecular weight excluding hydrogens is 399 g/mol. The maximum atomic E-state index is 13.1. The number of ether oxygens (including phenoxy) is 1. The number of methoxy groups -OCH3 is 1. The van der Waals surface area contributed by atoms with E-state index in [1.807, 2.05) is 16.9 Å². The smallest absolute Gasteiger partial charge is 0.191 e. The number of benzene rings is 1. The first-order chi connectivity index (χ1) is 15.1. The van der Waals surface area contributed by atoms with Crippen molar-refractivity contribution in [1.82, 2.24) is 35.2 Å². The van der Waals surface area contributed by atoms with Gasteiger partial charge in [0.1, 0.15) is 18.2 Å². The van der Waals surface area contributed by atoms with E-state index in [-0.39, 0.29) is 11.9 Å². The zero-order valence-electron chi connectivity index (χ0n) is 17.8. The van der Waals surface area contributed by atoms with Gasteiger partial charge in [-0.05, 0) is 36.8 Å². The monoisotopic (exact) mass is 426 g/mol. The number of halogens is 1. The zero-order valence-corrected chi connectivity index (χ0v) is 17.8. The fourth-order valence-corrected chi connectivity index (χ4v) is 3.60. The number of nitrogens with zero attached hydrogens (tertiary/aromatic N) is 6. The molecule has 4 rings (SSSR count). The quantitative estimate of drug-likeness (QED) is 0.439. The van der Waals surface area contributed by atoms with Crippen molar-refractivity contribution in [1.29, 1.82) is 0 Å². The number of hydrogen-bond acceptors (Lipinski definition) is 5. The van der Waals surface area contributed by atoms with Crippen LogP contribution in [0.5, 0.6) is 0 Å². The Morgan fingerprint density at radius 2 is 2.10 bits per heavy atom. The fourth-order valence-electron chi connectivity index (χ4n) is 3.60. The Morgan fingerprint density at radius 1 is 1.26 bits per heavy atom. The Bertz CT molecular complexity index is 1030. The molecule has 164 valence electrons. The van der Waals surface area contributed by atoms with Crippen LogP contribution in [0.4, 0.5) is 4.39 Å². The lowest BCUT2D eigenvalue weighted by molar-refractivity contribution is 0.177. The lowest BCUT2D eigenvalue weighted by Gasteiger charge is -2.25. The van der Waals surface area contributed by atoms with Gasteiger partial charge in [-0.25, -0.2) is 18.7 Å². The highest BCUT2D eigenvalue weighted by atomic mass is 19.1. The Balaban J connectivity index is 1.26. The van der Waals surface area contributed by atoms with Crippen LogP contribution in [0.2, 0.25) is 0 Å². The fraction of sp³-hybridized carbons (Fsp3) is 0.429. The van der Waals surface area contributed by atoms with Gasteiger partial charge in [-0.3, -0.25) is 4.99 Å². The van der Waals surface area contributed by atoms with Gasteiger partial charge < -0.3 is 15.4 Å². The maximum absolute atomic E-state index is 13.1. The number of nitrogens with one attached hydrogen (secondary N) is 2. The summed E-state index contributed by atoms with van der Waals surface area (Å²) in [4.78, 5) is 8.84. The van der Waals surface area contributed by atoms with Crippen molar-refractivity contribution in [2.75, 3.05) is 20.7 Å². The number of aliphatic imine (C=N–C) groups is 1. The summed E-state index contributed by atoms with van der Waals surface area (Å²) in [6, 6.07) is 8.47. The molecule has 0 amide bonds. The molecule has 2 N–H and O–H groups in total. The Kier molecular flexibility index (Phi) is 6.56. The van der Waals surface area contributed by atoms with Gasteiger partial charge in [0.05, 0.1) is 17.9 Å². The molecule has 0 bridgehead atoms. The first kappa shape index (κ1) is 21.0. The number of rotatable bonds is 7. The van der Waals surface area contributed by atoms with E-state index in [0.29, 0.717) is 13.2 Å². The van der Waals surface area contributed by atoms with E-state index in [4.69, 9.17) is 4.74 Å². The van der Waals surface area contributed by atoms with Gasteiger partial charge in [-0.15, -0.1) is 0 Å². The average molecular weight is 427 g/mol. The maximum Gasteiger partial charge on any atom is 0.191 e. The number of aromatic nitrogens is 5. The van der Waals surface area contributed by atoms with Crippen molar-refractivity contribution in [3.8, 4) is 5.69 Å². The minimum Gasteiger partial charge on any atom is -0.377 e. The summed E-state index contributed by atoms with van der Waals surface area (Å²) in [5.74, 6) is 2.22. The number of aryl methyl sites for hydroxylation is 1. The van der Waals surface area contributed by atoms with Crippen molar-refractivity contribution in [2.24, 2.45) is 4.99 Å². The first-order valence-corrected chi connectivity index (χ1v) is 10.3. The van der Waals surface area contributed by atoms with Crippen molar-refractivity contribution in [3.05, 3.63) is 59.7 Å². The minimum atomic E-state index is -0.257. The first-order valence-electron chi connectivity index (χ1n) is 10.3. The topological polar surface area (TPSA) is 94.2 Å². The largest absolute Gasteiger partial charge is 0.377 e. The van der Waals surface area contributed by atoms with E-state index in [0.717, 1.165) is 54.8 Å². The van der Waals surface area contributed by atoms with Crippen molar-refractivity contribution >= 4 is 5.96 Å². The van der Waals surface area contributed by atoms with Crippen LogP contribution < -0.4 is 10.6 Å². The van der Waals surface area contributed by atoms with E-state index in [1.165, 1.54) is 12.1 Å². The highest BCUT2D eigenvalue weighted by molar-refractivity contribution is 5.79. The molecule has 0 saturated carbocycles. The van der Waals surface area contributed by atoms with Gasteiger partial charge in [0.15, 0.2) is 11.8 Å². The molecule has 1 aromatic carbocycles. The third-order valence-corrected chi connectivity index (χ3v) is 5.15. The zero-order chi connectivity index (χ0) is 21.6. The van der Waals surface area contributed by atoms with E-state index in [9.17, 15) is 4.39 Å². The molecule has 1 atom stereocenters. The molecule has 3 aromatic rings. The van der Waals surface area contributed by atoms with Gasteiger partial charge in [-0.2, -0.15) is 10.2 Å². The second-order valence-electron chi connectivity index (χ2n) is 7.42. The molecule has 9 nitrogen and oxygen atoms in total. The molecule has 2 aromatic heterocycles. The van der Waals surface area contributed by atoms with E-state index >= 15 is 0 Å². The second kappa shape index (κ2) is 9.69. The standard InChI is InChI=1S/C21H27FN8O/c1-23-21(25-17-5-8-20-26-19(14-31-2)28-30(20)13-17)24-11-9-16-10-12-29(27-16)18-6-3-15(22)4-7-18/h3-4,6-7,10,12,17H,5,8-9,11,13-14H2,1-2H3,(H2,23,24,25). The van der Waals surface area contributed by atoms with Crippen LogP contribution in [0.3, 0.4) is 0 Å². The van der Waals surface area contributed by atoms with Crippen molar-refractivity contribution < 1.29 is 9.13 Å². The summed E-state index contributed by atoms with van der Waals surface area (Å²) in [7, 11) is 3.41. The van der Waals surface area contributed by atoms with Crippen molar-refractivity contribution in [3.63, 3.8) is 0 Å². The van der Waals surface area contributed by atoms with Crippen LogP contribution in [-0.4, -0.2) is 57.2 Å². The molecule has 0 aliphatic carbocycles. The van der Waals surface area contributed by atoms with Crippen molar-refractivity contribution in [2.45, 2.75) is 38.5 Å². The molecular formula is C21H27FN8O.